The van der Waals surface area contributed by atoms with Crippen molar-refractivity contribution in [1.29, 1.82) is 0 Å². The number of urea groups is 1. The maximum Gasteiger partial charge on any atom is 0.433 e. The molecule has 3 amide bonds. The predicted molar refractivity (Wildman–Crippen MR) is 81.2 cm³/mol. The van der Waals surface area contributed by atoms with Crippen LogP contribution in [0.1, 0.15) is 24.4 Å². The third-order valence-corrected chi connectivity index (χ3v) is 3.85. The molecule has 1 fully saturated rings. The monoisotopic (exact) mass is 324 g/mol. The number of carbonyl (C=O) groups excluding carboxylic acids is 2. The number of piperazine rings is 1. The van der Waals surface area contributed by atoms with Crippen molar-refractivity contribution in [3.63, 3.8) is 0 Å². The first-order valence-electron chi connectivity index (χ1n) is 7.55. The Balaban J connectivity index is 1.94. The van der Waals surface area contributed by atoms with Crippen molar-refractivity contribution in [1.82, 2.24) is 14.7 Å². The van der Waals surface area contributed by atoms with Gasteiger partial charge in [-0.2, -0.15) is 0 Å². The largest absolute Gasteiger partial charge is 0.433 e. The lowest BCUT2D eigenvalue weighted by Crippen LogP contribution is -2.54. The summed E-state index contributed by atoms with van der Waals surface area (Å²) >= 11 is 0. The molecule has 2 heterocycles. The van der Waals surface area contributed by atoms with E-state index in [1.807, 2.05) is 13.8 Å². The van der Waals surface area contributed by atoms with Gasteiger partial charge in [-0.3, -0.25) is 14.9 Å². The molecule has 1 aromatic heterocycles. The van der Waals surface area contributed by atoms with Gasteiger partial charge in [-0.05, 0) is 19.9 Å². The molecule has 0 aromatic carbocycles. The zero-order valence-electron chi connectivity index (χ0n) is 13.2. The highest BCUT2D eigenvalue weighted by Gasteiger charge is 2.28. The first-order valence-corrected chi connectivity index (χ1v) is 7.55. The van der Waals surface area contributed by atoms with Crippen LogP contribution in [0.4, 0.5) is 10.7 Å². The zero-order chi connectivity index (χ0) is 17.0. The maximum atomic E-state index is 12.3. The van der Waals surface area contributed by atoms with Crippen LogP contribution in [-0.2, 0) is 0 Å². The summed E-state index contributed by atoms with van der Waals surface area (Å²) in [6.07, 6.45) is 0. The van der Waals surface area contributed by atoms with Crippen LogP contribution >= 0.6 is 0 Å². The molecule has 9 heteroatoms. The van der Waals surface area contributed by atoms with Gasteiger partial charge in [0.15, 0.2) is 5.76 Å². The van der Waals surface area contributed by atoms with Crippen LogP contribution in [-0.4, -0.2) is 70.8 Å². The fraction of sp³-hybridized carbons (Fsp3) is 0.571. The second-order valence-electron chi connectivity index (χ2n) is 5.13. The molecule has 0 radical (unpaired) electrons. The van der Waals surface area contributed by atoms with E-state index in [0.717, 1.165) is 6.07 Å². The highest BCUT2D eigenvalue weighted by molar-refractivity contribution is 5.92. The second-order valence-corrected chi connectivity index (χ2v) is 5.13. The molecule has 126 valence electrons. The number of hydrogen-bond donors (Lipinski definition) is 0. The van der Waals surface area contributed by atoms with Gasteiger partial charge in [-0.25, -0.2) is 4.79 Å². The quantitative estimate of drug-likeness (QED) is 0.615. The van der Waals surface area contributed by atoms with Crippen LogP contribution < -0.4 is 0 Å². The molecule has 0 saturated carbocycles. The normalized spacial score (nSPS) is 14.7. The van der Waals surface area contributed by atoms with Crippen LogP contribution in [0.2, 0.25) is 0 Å². The van der Waals surface area contributed by atoms with Gasteiger partial charge in [-0.15, -0.1) is 0 Å². The highest BCUT2D eigenvalue weighted by Crippen LogP contribution is 2.18. The average molecular weight is 324 g/mol. The summed E-state index contributed by atoms with van der Waals surface area (Å²) < 4.78 is 4.93. The fourth-order valence-corrected chi connectivity index (χ4v) is 2.49. The first kappa shape index (κ1) is 16.8. The van der Waals surface area contributed by atoms with Gasteiger partial charge in [0.2, 0.25) is 0 Å². The summed E-state index contributed by atoms with van der Waals surface area (Å²) in [5.41, 5.74) is 0. The number of furan rings is 1. The molecule has 0 unspecified atom stereocenters. The van der Waals surface area contributed by atoms with E-state index in [4.69, 9.17) is 4.42 Å². The minimum Gasteiger partial charge on any atom is -0.395 e. The summed E-state index contributed by atoms with van der Waals surface area (Å²) in [5, 5.41) is 10.6. The number of nitro groups is 1. The molecular formula is C14H20N4O5. The van der Waals surface area contributed by atoms with Crippen LogP contribution in [0, 0.1) is 10.1 Å². The molecule has 0 atom stereocenters. The topological polar surface area (TPSA) is 100 Å². The lowest BCUT2D eigenvalue weighted by molar-refractivity contribution is -0.402. The summed E-state index contributed by atoms with van der Waals surface area (Å²) in [5.74, 6) is -0.906. The first-order chi connectivity index (χ1) is 11.0. The van der Waals surface area contributed by atoms with Gasteiger partial charge in [0.25, 0.3) is 5.91 Å². The van der Waals surface area contributed by atoms with E-state index in [1.165, 1.54) is 11.0 Å². The lowest BCUT2D eigenvalue weighted by Gasteiger charge is -2.36. The van der Waals surface area contributed by atoms with Crippen molar-refractivity contribution < 1.29 is 18.9 Å². The minimum absolute atomic E-state index is 0.0317. The average Bonchev–Trinajstić information content (AvgIpc) is 3.05. The minimum atomic E-state index is -0.683. The highest BCUT2D eigenvalue weighted by atomic mass is 16.6. The standard InChI is InChI=1S/C14H20N4O5/c1-3-15(4-2)14(20)17-9-7-16(8-10-17)13(19)11-5-6-12(23-11)18(21)22/h5-6H,3-4,7-10H2,1-2H3. The van der Waals surface area contributed by atoms with E-state index in [2.05, 4.69) is 0 Å². The number of amides is 3. The summed E-state index contributed by atoms with van der Waals surface area (Å²) in [4.78, 5) is 39.4. The zero-order valence-corrected chi connectivity index (χ0v) is 13.2. The summed E-state index contributed by atoms with van der Waals surface area (Å²) in [6, 6.07) is 2.43. The van der Waals surface area contributed by atoms with Crippen molar-refractivity contribution in [3.8, 4) is 0 Å². The molecule has 2 rings (SSSR count). The molecular weight excluding hydrogens is 304 g/mol. The van der Waals surface area contributed by atoms with Gasteiger partial charge in [0.05, 0.1) is 6.07 Å². The van der Waals surface area contributed by atoms with E-state index < -0.39 is 16.7 Å². The Labute approximate surface area is 133 Å². The Morgan fingerprint density at radius 1 is 1.17 bits per heavy atom. The Bertz CT molecular complexity index is 588. The Hall–Kier alpha value is -2.58. The van der Waals surface area contributed by atoms with Crippen molar-refractivity contribution in [2.75, 3.05) is 39.3 Å². The van der Waals surface area contributed by atoms with Crippen molar-refractivity contribution in [3.05, 3.63) is 28.0 Å². The molecule has 1 saturated heterocycles. The second kappa shape index (κ2) is 7.12. The molecule has 23 heavy (non-hydrogen) atoms. The van der Waals surface area contributed by atoms with E-state index in [0.29, 0.717) is 39.3 Å². The Kier molecular flexibility index (Phi) is 5.20. The fourth-order valence-electron chi connectivity index (χ4n) is 2.49. The van der Waals surface area contributed by atoms with Crippen molar-refractivity contribution in [2.45, 2.75) is 13.8 Å². The maximum absolute atomic E-state index is 12.3. The molecule has 0 aliphatic carbocycles. The molecule has 1 aliphatic heterocycles. The Morgan fingerprint density at radius 2 is 1.74 bits per heavy atom. The summed E-state index contributed by atoms with van der Waals surface area (Å²) in [6.45, 7) is 6.75. The van der Waals surface area contributed by atoms with Crippen LogP contribution in [0.15, 0.2) is 16.5 Å². The SMILES string of the molecule is CCN(CC)C(=O)N1CCN(C(=O)c2ccc([N+](=O)[O-])o2)CC1. The Morgan fingerprint density at radius 3 is 2.22 bits per heavy atom. The van der Waals surface area contributed by atoms with Crippen molar-refractivity contribution >= 4 is 17.8 Å². The van der Waals surface area contributed by atoms with Gasteiger partial charge in [0.1, 0.15) is 4.92 Å². The number of hydrogen-bond acceptors (Lipinski definition) is 5. The van der Waals surface area contributed by atoms with E-state index >= 15 is 0 Å². The van der Waals surface area contributed by atoms with Crippen LogP contribution in [0.5, 0.6) is 0 Å². The number of rotatable bonds is 4. The van der Waals surface area contributed by atoms with E-state index in [9.17, 15) is 19.7 Å². The third-order valence-electron chi connectivity index (χ3n) is 3.85. The molecule has 0 spiro atoms. The van der Waals surface area contributed by atoms with Gasteiger partial charge < -0.3 is 19.1 Å². The lowest BCUT2D eigenvalue weighted by atomic mass is 10.3. The molecule has 1 aromatic rings. The van der Waals surface area contributed by atoms with E-state index in [-0.39, 0.29) is 11.8 Å². The van der Waals surface area contributed by atoms with Crippen LogP contribution in [0.25, 0.3) is 0 Å². The van der Waals surface area contributed by atoms with Gasteiger partial charge in [0, 0.05) is 39.3 Å². The molecule has 1 aliphatic rings. The van der Waals surface area contributed by atoms with Crippen molar-refractivity contribution in [2.24, 2.45) is 0 Å². The smallest absolute Gasteiger partial charge is 0.395 e. The molecule has 0 bridgehead atoms. The predicted octanol–water partition coefficient (Wildman–Crippen LogP) is 1.41. The van der Waals surface area contributed by atoms with Crippen LogP contribution in [0.3, 0.4) is 0 Å². The number of carbonyl (C=O) groups is 2. The molecule has 0 N–H and O–H groups in total. The summed E-state index contributed by atoms with van der Waals surface area (Å²) in [7, 11) is 0. The molecule has 9 nitrogen and oxygen atoms in total. The third kappa shape index (κ3) is 3.61. The van der Waals surface area contributed by atoms with E-state index in [1.54, 1.807) is 9.80 Å². The van der Waals surface area contributed by atoms with Gasteiger partial charge in [-0.1, -0.05) is 0 Å². The number of nitrogens with zero attached hydrogens (tertiary/aromatic N) is 4. The van der Waals surface area contributed by atoms with Gasteiger partial charge >= 0.3 is 11.9 Å².